The van der Waals surface area contributed by atoms with Crippen molar-refractivity contribution in [2.75, 3.05) is 26.7 Å². The minimum atomic E-state index is -0.173. The monoisotopic (exact) mass is 284 g/mol. The third-order valence-corrected chi connectivity index (χ3v) is 4.20. The summed E-state index contributed by atoms with van der Waals surface area (Å²) in [5, 5.41) is 4.04. The van der Waals surface area contributed by atoms with Gasteiger partial charge in [0, 0.05) is 11.6 Å². The Labute approximate surface area is 119 Å². The minimum Gasteiger partial charge on any atom is -0.316 e. The molecule has 0 saturated carbocycles. The van der Waals surface area contributed by atoms with Crippen LogP contribution in [0, 0.1) is 18.7 Å². The van der Waals surface area contributed by atoms with Gasteiger partial charge in [-0.1, -0.05) is 11.6 Å². The summed E-state index contributed by atoms with van der Waals surface area (Å²) >= 11 is 6.17. The lowest BCUT2D eigenvalue weighted by Crippen LogP contribution is -2.22. The van der Waals surface area contributed by atoms with E-state index in [9.17, 15) is 4.39 Å². The van der Waals surface area contributed by atoms with Crippen molar-refractivity contribution in [1.82, 2.24) is 10.2 Å². The number of aryl methyl sites for hydroxylation is 1. The maximum absolute atomic E-state index is 13.6. The first-order chi connectivity index (χ1) is 9.06. The molecule has 1 aromatic rings. The Hall–Kier alpha value is -0.640. The molecule has 1 aliphatic heterocycles. The number of nitrogens with zero attached hydrogens (tertiary/aromatic N) is 1. The number of nitrogens with one attached hydrogen (secondary N) is 1. The summed E-state index contributed by atoms with van der Waals surface area (Å²) in [6, 6.07) is 3.27. The second-order valence-electron chi connectivity index (χ2n) is 5.58. The third-order valence-electron chi connectivity index (χ3n) is 3.85. The van der Waals surface area contributed by atoms with Crippen LogP contribution >= 0.6 is 11.6 Å². The van der Waals surface area contributed by atoms with E-state index in [2.05, 4.69) is 17.3 Å². The van der Waals surface area contributed by atoms with E-state index in [1.54, 1.807) is 19.1 Å². The van der Waals surface area contributed by atoms with Gasteiger partial charge in [-0.2, -0.15) is 0 Å². The van der Waals surface area contributed by atoms with Gasteiger partial charge in [-0.05, 0) is 75.6 Å². The number of hydrogen-bond acceptors (Lipinski definition) is 2. The first kappa shape index (κ1) is 14.8. The van der Waals surface area contributed by atoms with Gasteiger partial charge in [0.2, 0.25) is 0 Å². The van der Waals surface area contributed by atoms with E-state index in [1.807, 2.05) is 0 Å². The number of benzene rings is 1. The standard InChI is InChI=1S/C15H22ClFN2/c1-11-7-14(16)13(8-15(11)17)10-19(2)6-4-12-3-5-18-9-12/h7-8,12,18H,3-6,9-10H2,1-2H3. The van der Waals surface area contributed by atoms with E-state index in [0.717, 1.165) is 31.1 Å². The summed E-state index contributed by atoms with van der Waals surface area (Å²) in [4.78, 5) is 2.22. The lowest BCUT2D eigenvalue weighted by molar-refractivity contribution is 0.298. The molecule has 0 spiro atoms. The Morgan fingerprint density at radius 3 is 2.95 bits per heavy atom. The topological polar surface area (TPSA) is 15.3 Å². The molecule has 0 radical (unpaired) electrons. The summed E-state index contributed by atoms with van der Waals surface area (Å²) < 4.78 is 13.6. The van der Waals surface area contributed by atoms with Gasteiger partial charge in [0.25, 0.3) is 0 Å². The Bertz CT molecular complexity index is 430. The van der Waals surface area contributed by atoms with Gasteiger partial charge in [-0.3, -0.25) is 0 Å². The van der Waals surface area contributed by atoms with Crippen molar-refractivity contribution in [3.05, 3.63) is 34.1 Å². The Kier molecular flexibility index (Phi) is 5.20. The van der Waals surface area contributed by atoms with Gasteiger partial charge in [0.15, 0.2) is 0 Å². The van der Waals surface area contributed by atoms with Gasteiger partial charge in [0.05, 0.1) is 0 Å². The third kappa shape index (κ3) is 4.16. The molecule has 1 saturated heterocycles. The van der Waals surface area contributed by atoms with Crippen molar-refractivity contribution >= 4 is 11.6 Å². The molecule has 1 heterocycles. The van der Waals surface area contributed by atoms with Crippen molar-refractivity contribution in [3.63, 3.8) is 0 Å². The van der Waals surface area contributed by atoms with E-state index in [0.29, 0.717) is 17.1 Å². The second-order valence-corrected chi connectivity index (χ2v) is 5.99. The molecule has 0 bridgehead atoms. The lowest BCUT2D eigenvalue weighted by Gasteiger charge is -2.19. The Balaban J connectivity index is 1.87. The van der Waals surface area contributed by atoms with Gasteiger partial charge < -0.3 is 10.2 Å². The van der Waals surface area contributed by atoms with E-state index in [4.69, 9.17) is 11.6 Å². The zero-order chi connectivity index (χ0) is 13.8. The van der Waals surface area contributed by atoms with Crippen LogP contribution in [-0.2, 0) is 6.54 Å². The summed E-state index contributed by atoms with van der Waals surface area (Å²) in [6.07, 6.45) is 2.46. The SMILES string of the molecule is Cc1cc(Cl)c(CN(C)CCC2CCNC2)cc1F. The minimum absolute atomic E-state index is 0.173. The molecule has 106 valence electrons. The predicted octanol–water partition coefficient (Wildman–Crippen LogP) is 3.22. The summed E-state index contributed by atoms with van der Waals surface area (Å²) in [5.74, 6) is 0.612. The molecule has 1 N–H and O–H groups in total. The fourth-order valence-electron chi connectivity index (χ4n) is 2.54. The molecule has 0 aliphatic carbocycles. The van der Waals surface area contributed by atoms with E-state index >= 15 is 0 Å². The average Bonchev–Trinajstić information content (AvgIpc) is 2.86. The molecule has 2 rings (SSSR count). The Morgan fingerprint density at radius 2 is 2.26 bits per heavy atom. The van der Waals surface area contributed by atoms with Crippen molar-refractivity contribution in [2.24, 2.45) is 5.92 Å². The molecule has 1 fully saturated rings. The van der Waals surface area contributed by atoms with Crippen molar-refractivity contribution in [3.8, 4) is 0 Å². The summed E-state index contributed by atoms with van der Waals surface area (Å²) in [5.41, 5.74) is 1.48. The average molecular weight is 285 g/mol. The second kappa shape index (κ2) is 6.69. The highest BCUT2D eigenvalue weighted by molar-refractivity contribution is 6.31. The van der Waals surface area contributed by atoms with Gasteiger partial charge in [-0.25, -0.2) is 4.39 Å². The number of hydrogen-bond donors (Lipinski definition) is 1. The zero-order valence-corrected chi connectivity index (χ0v) is 12.4. The van der Waals surface area contributed by atoms with E-state index < -0.39 is 0 Å². The van der Waals surface area contributed by atoms with Crippen LogP contribution in [0.3, 0.4) is 0 Å². The maximum Gasteiger partial charge on any atom is 0.126 e. The smallest absolute Gasteiger partial charge is 0.126 e. The van der Waals surface area contributed by atoms with Crippen LogP contribution in [-0.4, -0.2) is 31.6 Å². The quantitative estimate of drug-likeness (QED) is 0.893. The lowest BCUT2D eigenvalue weighted by atomic mass is 10.0. The van der Waals surface area contributed by atoms with Gasteiger partial charge in [-0.15, -0.1) is 0 Å². The number of rotatable bonds is 5. The summed E-state index contributed by atoms with van der Waals surface area (Å²) in [7, 11) is 2.07. The van der Waals surface area contributed by atoms with Crippen LogP contribution in [0.4, 0.5) is 4.39 Å². The molecule has 0 aromatic heterocycles. The van der Waals surface area contributed by atoms with Crippen molar-refractivity contribution in [1.29, 1.82) is 0 Å². The fraction of sp³-hybridized carbons (Fsp3) is 0.600. The van der Waals surface area contributed by atoms with Crippen molar-refractivity contribution in [2.45, 2.75) is 26.3 Å². The van der Waals surface area contributed by atoms with Crippen LogP contribution < -0.4 is 5.32 Å². The van der Waals surface area contributed by atoms with Crippen LogP contribution in [0.2, 0.25) is 5.02 Å². The zero-order valence-electron chi connectivity index (χ0n) is 11.7. The molecule has 1 unspecified atom stereocenters. The van der Waals surface area contributed by atoms with Gasteiger partial charge >= 0.3 is 0 Å². The first-order valence-corrected chi connectivity index (χ1v) is 7.28. The van der Waals surface area contributed by atoms with Gasteiger partial charge in [0.1, 0.15) is 5.82 Å². The van der Waals surface area contributed by atoms with Crippen LogP contribution in [0.1, 0.15) is 24.0 Å². The number of halogens is 2. The van der Waals surface area contributed by atoms with Crippen LogP contribution in [0.25, 0.3) is 0 Å². The van der Waals surface area contributed by atoms with E-state index in [-0.39, 0.29) is 5.82 Å². The first-order valence-electron chi connectivity index (χ1n) is 6.90. The highest BCUT2D eigenvalue weighted by atomic mass is 35.5. The normalized spacial score (nSPS) is 19.3. The highest BCUT2D eigenvalue weighted by Gasteiger charge is 2.15. The molecule has 1 aromatic carbocycles. The fourth-order valence-corrected chi connectivity index (χ4v) is 2.82. The molecule has 4 heteroatoms. The molecular weight excluding hydrogens is 263 g/mol. The summed E-state index contributed by atoms with van der Waals surface area (Å²) in [6.45, 7) is 5.74. The highest BCUT2D eigenvalue weighted by Crippen LogP contribution is 2.22. The molecule has 1 atom stereocenters. The molecule has 0 amide bonds. The maximum atomic E-state index is 13.6. The molecule has 2 nitrogen and oxygen atoms in total. The Morgan fingerprint density at radius 1 is 1.47 bits per heavy atom. The largest absolute Gasteiger partial charge is 0.316 e. The molecule has 1 aliphatic rings. The molecule has 19 heavy (non-hydrogen) atoms. The van der Waals surface area contributed by atoms with Crippen LogP contribution in [0.15, 0.2) is 12.1 Å². The predicted molar refractivity (Wildman–Crippen MR) is 78.1 cm³/mol. The van der Waals surface area contributed by atoms with Crippen LogP contribution in [0.5, 0.6) is 0 Å². The van der Waals surface area contributed by atoms with E-state index in [1.165, 1.54) is 12.8 Å². The van der Waals surface area contributed by atoms with Crippen molar-refractivity contribution < 1.29 is 4.39 Å². The molecular formula is C15H22ClFN2.